The summed E-state index contributed by atoms with van der Waals surface area (Å²) in [5.74, 6) is -0.487. The molecule has 2 fully saturated rings. The fourth-order valence-electron chi connectivity index (χ4n) is 4.57. The fourth-order valence-corrected chi connectivity index (χ4v) is 4.86. The van der Waals surface area contributed by atoms with Crippen molar-refractivity contribution in [1.82, 2.24) is 9.88 Å². The van der Waals surface area contributed by atoms with Crippen LogP contribution in [-0.2, 0) is 17.4 Å². The van der Waals surface area contributed by atoms with E-state index < -0.39 is 17.6 Å². The highest BCUT2D eigenvalue weighted by Gasteiger charge is 2.38. The van der Waals surface area contributed by atoms with Gasteiger partial charge in [0, 0.05) is 37.8 Å². The van der Waals surface area contributed by atoms with Crippen LogP contribution in [0.2, 0.25) is 5.02 Å². The van der Waals surface area contributed by atoms with Crippen LogP contribution in [0.1, 0.15) is 36.0 Å². The summed E-state index contributed by atoms with van der Waals surface area (Å²) in [5, 5.41) is 8.82. The summed E-state index contributed by atoms with van der Waals surface area (Å²) in [7, 11) is 0. The SMILES string of the molecule is N#Cc1ccc(C[C@H]2CCN(C3CCN(c4ncc(C(F)(F)F)cc4Cl)CC3)C2=O)c(F)c1. The number of anilines is 1. The summed E-state index contributed by atoms with van der Waals surface area (Å²) >= 11 is 6.07. The molecule has 174 valence electrons. The predicted molar refractivity (Wildman–Crippen MR) is 114 cm³/mol. The van der Waals surface area contributed by atoms with E-state index in [1.165, 1.54) is 6.07 Å². The van der Waals surface area contributed by atoms with Crippen molar-refractivity contribution < 1.29 is 22.4 Å². The second-order valence-corrected chi connectivity index (χ2v) is 8.79. The molecule has 0 saturated carbocycles. The topological polar surface area (TPSA) is 60.2 Å². The van der Waals surface area contributed by atoms with Crippen molar-refractivity contribution in [2.24, 2.45) is 5.92 Å². The number of likely N-dealkylation sites (tertiary alicyclic amines) is 1. The summed E-state index contributed by atoms with van der Waals surface area (Å²) < 4.78 is 52.8. The molecule has 33 heavy (non-hydrogen) atoms. The van der Waals surface area contributed by atoms with E-state index in [2.05, 4.69) is 4.98 Å². The second kappa shape index (κ2) is 9.18. The van der Waals surface area contributed by atoms with Crippen molar-refractivity contribution in [3.8, 4) is 6.07 Å². The van der Waals surface area contributed by atoms with Gasteiger partial charge < -0.3 is 9.80 Å². The summed E-state index contributed by atoms with van der Waals surface area (Å²) in [4.78, 5) is 20.6. The highest BCUT2D eigenvalue weighted by atomic mass is 35.5. The lowest BCUT2D eigenvalue weighted by Crippen LogP contribution is -2.46. The smallest absolute Gasteiger partial charge is 0.355 e. The average molecular weight is 481 g/mol. The fraction of sp³-hybridized carbons (Fsp3) is 0.435. The Morgan fingerprint density at radius 2 is 1.88 bits per heavy atom. The third-order valence-corrected chi connectivity index (χ3v) is 6.63. The van der Waals surface area contributed by atoms with Crippen LogP contribution in [0.4, 0.5) is 23.4 Å². The van der Waals surface area contributed by atoms with Crippen molar-refractivity contribution in [3.63, 3.8) is 0 Å². The Bertz CT molecular complexity index is 1090. The number of carbonyl (C=O) groups excluding carboxylic acids is 1. The molecule has 3 heterocycles. The van der Waals surface area contributed by atoms with Crippen LogP contribution < -0.4 is 4.90 Å². The van der Waals surface area contributed by atoms with E-state index in [0.29, 0.717) is 50.3 Å². The molecule has 0 radical (unpaired) electrons. The molecular weight excluding hydrogens is 460 g/mol. The van der Waals surface area contributed by atoms with Gasteiger partial charge in [0.1, 0.15) is 11.6 Å². The van der Waals surface area contributed by atoms with Gasteiger partial charge in [0.05, 0.1) is 22.2 Å². The average Bonchev–Trinajstić information content (AvgIpc) is 3.14. The van der Waals surface area contributed by atoms with Gasteiger partial charge in [0.2, 0.25) is 5.91 Å². The number of hydrogen-bond donors (Lipinski definition) is 0. The van der Waals surface area contributed by atoms with E-state index in [1.54, 1.807) is 12.1 Å². The Balaban J connectivity index is 1.36. The molecule has 10 heteroatoms. The minimum Gasteiger partial charge on any atom is -0.355 e. The molecule has 0 aliphatic carbocycles. The van der Waals surface area contributed by atoms with E-state index in [1.807, 2.05) is 15.9 Å². The maximum Gasteiger partial charge on any atom is 0.417 e. The first-order valence-corrected chi connectivity index (χ1v) is 11.0. The first-order valence-electron chi connectivity index (χ1n) is 10.6. The Kier molecular flexibility index (Phi) is 6.48. The summed E-state index contributed by atoms with van der Waals surface area (Å²) in [5.41, 5.74) is -0.226. The van der Waals surface area contributed by atoms with Gasteiger partial charge in [-0.1, -0.05) is 17.7 Å². The molecule has 0 N–H and O–H groups in total. The van der Waals surface area contributed by atoms with E-state index in [9.17, 15) is 22.4 Å². The van der Waals surface area contributed by atoms with Crippen LogP contribution in [0.5, 0.6) is 0 Å². The predicted octanol–water partition coefficient (Wildman–Crippen LogP) is 4.82. The van der Waals surface area contributed by atoms with E-state index in [4.69, 9.17) is 16.9 Å². The molecule has 1 aromatic heterocycles. The van der Waals surface area contributed by atoms with Crippen molar-refractivity contribution >= 4 is 23.3 Å². The van der Waals surface area contributed by atoms with Crippen LogP contribution in [0, 0.1) is 23.1 Å². The number of nitriles is 1. The number of piperidine rings is 1. The van der Waals surface area contributed by atoms with Crippen LogP contribution in [0.15, 0.2) is 30.5 Å². The first kappa shape index (κ1) is 23.3. The zero-order chi connectivity index (χ0) is 23.8. The molecule has 0 spiro atoms. The minimum absolute atomic E-state index is 0.0112. The molecule has 4 rings (SSSR count). The molecule has 2 aliphatic rings. The van der Waals surface area contributed by atoms with Crippen LogP contribution in [-0.4, -0.2) is 41.5 Å². The van der Waals surface area contributed by atoms with Gasteiger partial charge in [-0.25, -0.2) is 9.37 Å². The summed E-state index contributed by atoms with van der Waals surface area (Å²) in [6, 6.07) is 7.08. The number of benzene rings is 1. The maximum absolute atomic E-state index is 14.2. The summed E-state index contributed by atoms with van der Waals surface area (Å²) in [6.45, 7) is 1.62. The Hall–Kier alpha value is -2.86. The van der Waals surface area contributed by atoms with Crippen molar-refractivity contribution in [1.29, 1.82) is 5.26 Å². The van der Waals surface area contributed by atoms with Crippen molar-refractivity contribution in [2.45, 2.75) is 37.9 Å². The van der Waals surface area contributed by atoms with Gasteiger partial charge in [-0.2, -0.15) is 18.4 Å². The van der Waals surface area contributed by atoms with Gasteiger partial charge in [-0.3, -0.25) is 4.79 Å². The lowest BCUT2D eigenvalue weighted by molar-refractivity contribution is -0.137. The number of hydrogen-bond acceptors (Lipinski definition) is 4. The minimum atomic E-state index is -4.50. The van der Waals surface area contributed by atoms with E-state index in [0.717, 1.165) is 12.3 Å². The normalized spacial score (nSPS) is 19.8. The molecule has 1 atom stereocenters. The highest BCUT2D eigenvalue weighted by Crippen LogP contribution is 2.35. The third kappa shape index (κ3) is 4.91. The molecule has 1 amide bonds. The number of nitrogens with zero attached hydrogens (tertiary/aromatic N) is 4. The monoisotopic (exact) mass is 480 g/mol. The number of rotatable bonds is 4. The lowest BCUT2D eigenvalue weighted by Gasteiger charge is -2.37. The molecule has 2 aromatic rings. The Morgan fingerprint density at radius 3 is 2.48 bits per heavy atom. The molecule has 2 aliphatic heterocycles. The van der Waals surface area contributed by atoms with Crippen LogP contribution >= 0.6 is 11.6 Å². The lowest BCUT2D eigenvalue weighted by atomic mass is 9.96. The maximum atomic E-state index is 14.2. The zero-order valence-corrected chi connectivity index (χ0v) is 18.3. The molecular formula is C23H21ClF4N4O. The number of alkyl halides is 3. The van der Waals surface area contributed by atoms with Crippen molar-refractivity contribution in [2.75, 3.05) is 24.5 Å². The van der Waals surface area contributed by atoms with E-state index in [-0.39, 0.29) is 34.9 Å². The second-order valence-electron chi connectivity index (χ2n) is 8.38. The third-order valence-electron chi connectivity index (χ3n) is 6.35. The van der Waals surface area contributed by atoms with Gasteiger partial charge in [-0.05, 0) is 49.4 Å². The number of halogens is 5. The standard InChI is InChI=1S/C23H21ClF4N4O/c24-19-11-17(23(26,27)28)13-30-21(19)31-6-4-18(5-7-31)32-8-3-16(22(32)33)10-15-2-1-14(12-29)9-20(15)25/h1-2,9,11,13,16,18H,3-8,10H2/t16-/m1/s1. The van der Waals surface area contributed by atoms with Crippen LogP contribution in [0.25, 0.3) is 0 Å². The Labute approximate surface area is 193 Å². The summed E-state index contributed by atoms with van der Waals surface area (Å²) in [6.07, 6.45) is -1.52. The van der Waals surface area contributed by atoms with Gasteiger partial charge in [0.25, 0.3) is 0 Å². The molecule has 2 saturated heterocycles. The molecule has 1 aromatic carbocycles. The van der Waals surface area contributed by atoms with Gasteiger partial charge >= 0.3 is 6.18 Å². The number of carbonyl (C=O) groups is 1. The highest BCUT2D eigenvalue weighted by molar-refractivity contribution is 6.33. The Morgan fingerprint density at radius 1 is 1.15 bits per heavy atom. The van der Waals surface area contributed by atoms with Gasteiger partial charge in [-0.15, -0.1) is 0 Å². The van der Waals surface area contributed by atoms with Gasteiger partial charge in [0.15, 0.2) is 0 Å². The first-order chi connectivity index (χ1) is 15.7. The van der Waals surface area contributed by atoms with Crippen LogP contribution in [0.3, 0.4) is 0 Å². The quantitative estimate of drug-likeness (QED) is 0.588. The number of pyridine rings is 1. The number of aromatic nitrogens is 1. The van der Waals surface area contributed by atoms with E-state index >= 15 is 0 Å². The molecule has 0 bridgehead atoms. The number of amides is 1. The molecule has 5 nitrogen and oxygen atoms in total. The largest absolute Gasteiger partial charge is 0.417 e. The zero-order valence-electron chi connectivity index (χ0n) is 17.6. The van der Waals surface area contributed by atoms with Crippen molar-refractivity contribution in [3.05, 3.63) is 58.0 Å². The molecule has 0 unspecified atom stereocenters.